The van der Waals surface area contributed by atoms with Crippen molar-refractivity contribution in [3.8, 4) is 0 Å². The molecule has 1 atom stereocenters. The van der Waals surface area contributed by atoms with Gasteiger partial charge in [0.05, 0.1) is 0 Å². The van der Waals surface area contributed by atoms with Gasteiger partial charge in [0.15, 0.2) is 0 Å². The van der Waals surface area contributed by atoms with Crippen molar-refractivity contribution < 1.29 is 9.59 Å². The van der Waals surface area contributed by atoms with Crippen LogP contribution < -0.4 is 11.1 Å². The molecule has 0 aromatic heterocycles. The van der Waals surface area contributed by atoms with Gasteiger partial charge in [0.1, 0.15) is 6.04 Å². The van der Waals surface area contributed by atoms with E-state index in [1.807, 2.05) is 0 Å². The van der Waals surface area contributed by atoms with Gasteiger partial charge in [-0.15, -0.1) is 0 Å². The van der Waals surface area contributed by atoms with Crippen LogP contribution in [0.1, 0.15) is 65.7 Å². The Morgan fingerprint density at radius 3 is 2.11 bits per heavy atom. The van der Waals surface area contributed by atoms with E-state index in [2.05, 4.69) is 12.2 Å². The predicted molar refractivity (Wildman–Crippen MR) is 74.0 cm³/mol. The number of nitrogens with one attached hydrogen (secondary N) is 1. The number of unbranched alkanes of at least 4 members (excludes halogenated alkanes) is 5. The van der Waals surface area contributed by atoms with Gasteiger partial charge in [-0.3, -0.25) is 9.59 Å². The van der Waals surface area contributed by atoms with E-state index in [1.54, 1.807) is 13.8 Å². The van der Waals surface area contributed by atoms with Crippen LogP contribution in [-0.4, -0.2) is 17.9 Å². The summed E-state index contributed by atoms with van der Waals surface area (Å²) in [6.07, 6.45) is 7.63. The minimum absolute atomic E-state index is 0.107. The largest absolute Gasteiger partial charge is 0.368 e. The number of carbonyl (C=O) groups is 2. The first-order valence-corrected chi connectivity index (χ1v) is 7.08. The van der Waals surface area contributed by atoms with Crippen LogP contribution in [0.15, 0.2) is 0 Å². The quantitative estimate of drug-likeness (QED) is 0.589. The van der Waals surface area contributed by atoms with E-state index in [1.165, 1.54) is 25.7 Å². The zero-order valence-corrected chi connectivity index (χ0v) is 12.0. The van der Waals surface area contributed by atoms with Gasteiger partial charge in [-0.05, 0) is 6.42 Å². The van der Waals surface area contributed by atoms with Gasteiger partial charge in [-0.25, -0.2) is 0 Å². The molecule has 0 spiro atoms. The fourth-order valence-electron chi connectivity index (χ4n) is 1.75. The Morgan fingerprint density at radius 1 is 1.06 bits per heavy atom. The van der Waals surface area contributed by atoms with Crippen LogP contribution in [0.25, 0.3) is 0 Å². The Kier molecular flexibility index (Phi) is 9.33. The molecule has 18 heavy (non-hydrogen) atoms. The second-order valence-corrected chi connectivity index (χ2v) is 5.17. The van der Waals surface area contributed by atoms with Crippen LogP contribution in [0.3, 0.4) is 0 Å². The monoisotopic (exact) mass is 256 g/mol. The summed E-state index contributed by atoms with van der Waals surface area (Å²) in [5.74, 6) is -0.654. The molecular formula is C14H28N2O2. The van der Waals surface area contributed by atoms with E-state index in [9.17, 15) is 9.59 Å². The average Bonchev–Trinajstić information content (AvgIpc) is 2.31. The van der Waals surface area contributed by atoms with E-state index in [0.717, 1.165) is 12.8 Å². The maximum atomic E-state index is 11.5. The molecule has 2 amide bonds. The van der Waals surface area contributed by atoms with Gasteiger partial charge < -0.3 is 11.1 Å². The molecule has 0 rings (SSSR count). The summed E-state index contributed by atoms with van der Waals surface area (Å²) >= 11 is 0. The van der Waals surface area contributed by atoms with Gasteiger partial charge in [-0.2, -0.15) is 0 Å². The summed E-state index contributed by atoms with van der Waals surface area (Å²) in [6, 6.07) is -0.508. The van der Waals surface area contributed by atoms with Gasteiger partial charge in [0, 0.05) is 5.92 Å². The zero-order valence-electron chi connectivity index (χ0n) is 12.0. The number of rotatable bonds is 10. The van der Waals surface area contributed by atoms with Gasteiger partial charge in [0.25, 0.3) is 0 Å². The molecule has 0 bridgehead atoms. The highest BCUT2D eigenvalue weighted by Crippen LogP contribution is 2.09. The molecule has 0 radical (unpaired) electrons. The smallest absolute Gasteiger partial charge is 0.239 e. The summed E-state index contributed by atoms with van der Waals surface area (Å²) in [5, 5.41) is 2.70. The molecule has 0 saturated carbocycles. The lowest BCUT2D eigenvalue weighted by atomic mass is 10.0. The van der Waals surface area contributed by atoms with Gasteiger partial charge >= 0.3 is 0 Å². The van der Waals surface area contributed by atoms with Crippen molar-refractivity contribution in [2.75, 3.05) is 0 Å². The molecule has 4 nitrogen and oxygen atoms in total. The Hall–Kier alpha value is -1.06. The van der Waals surface area contributed by atoms with Crippen molar-refractivity contribution in [1.29, 1.82) is 0 Å². The summed E-state index contributed by atoms with van der Waals surface area (Å²) in [7, 11) is 0. The number of primary amides is 1. The van der Waals surface area contributed by atoms with Crippen LogP contribution in [0.2, 0.25) is 0 Å². The van der Waals surface area contributed by atoms with Crippen LogP contribution >= 0.6 is 0 Å². The Balaban J connectivity index is 3.84. The molecule has 0 unspecified atom stereocenters. The second kappa shape index (κ2) is 9.92. The number of nitrogens with two attached hydrogens (primary N) is 1. The SMILES string of the molecule is CCCCCCCC[C@H](NC(=O)C(C)C)C(N)=O. The molecule has 0 fully saturated rings. The summed E-state index contributed by atoms with van der Waals surface area (Å²) in [5.41, 5.74) is 5.29. The highest BCUT2D eigenvalue weighted by Gasteiger charge is 2.18. The lowest BCUT2D eigenvalue weighted by molar-refractivity contribution is -0.129. The fourth-order valence-corrected chi connectivity index (χ4v) is 1.75. The molecule has 0 aromatic carbocycles. The van der Waals surface area contributed by atoms with E-state index in [4.69, 9.17) is 5.73 Å². The minimum Gasteiger partial charge on any atom is -0.368 e. The first kappa shape index (κ1) is 16.9. The standard InChI is InChI=1S/C14H28N2O2/c1-4-5-6-7-8-9-10-12(13(15)17)16-14(18)11(2)3/h11-12H,4-10H2,1-3H3,(H2,15,17)(H,16,18)/t12-/m0/s1. The minimum atomic E-state index is -0.508. The first-order valence-electron chi connectivity index (χ1n) is 7.08. The number of amides is 2. The molecule has 0 saturated heterocycles. The summed E-state index contributed by atoms with van der Waals surface area (Å²) < 4.78 is 0. The Morgan fingerprint density at radius 2 is 1.61 bits per heavy atom. The van der Waals surface area contributed by atoms with E-state index in [-0.39, 0.29) is 11.8 Å². The zero-order chi connectivity index (χ0) is 14.0. The third kappa shape index (κ3) is 8.09. The molecule has 106 valence electrons. The van der Waals surface area contributed by atoms with E-state index in [0.29, 0.717) is 6.42 Å². The maximum Gasteiger partial charge on any atom is 0.239 e. The van der Waals surface area contributed by atoms with Gasteiger partial charge in [0.2, 0.25) is 11.8 Å². The Labute approximate surface area is 111 Å². The molecule has 3 N–H and O–H groups in total. The van der Waals surface area contributed by atoms with Gasteiger partial charge in [-0.1, -0.05) is 59.3 Å². The van der Waals surface area contributed by atoms with Crippen LogP contribution in [0.5, 0.6) is 0 Å². The Bertz CT molecular complexity index is 252. The lowest BCUT2D eigenvalue weighted by Gasteiger charge is -2.16. The molecule has 0 aliphatic carbocycles. The third-order valence-electron chi connectivity index (χ3n) is 3.03. The second-order valence-electron chi connectivity index (χ2n) is 5.17. The maximum absolute atomic E-state index is 11.5. The first-order chi connectivity index (χ1) is 8.49. The van der Waals surface area contributed by atoms with Crippen molar-refractivity contribution in [3.05, 3.63) is 0 Å². The fraction of sp³-hybridized carbons (Fsp3) is 0.857. The van der Waals surface area contributed by atoms with Crippen LogP contribution in [0, 0.1) is 5.92 Å². The van der Waals surface area contributed by atoms with Crippen molar-refractivity contribution >= 4 is 11.8 Å². The van der Waals surface area contributed by atoms with Crippen molar-refractivity contribution in [1.82, 2.24) is 5.32 Å². The summed E-state index contributed by atoms with van der Waals surface area (Å²) in [6.45, 7) is 5.79. The average molecular weight is 256 g/mol. The molecule has 0 aliphatic rings. The third-order valence-corrected chi connectivity index (χ3v) is 3.03. The normalized spacial score (nSPS) is 12.4. The van der Waals surface area contributed by atoms with Crippen LogP contribution in [-0.2, 0) is 9.59 Å². The summed E-state index contributed by atoms with van der Waals surface area (Å²) in [4.78, 5) is 22.7. The van der Waals surface area contributed by atoms with Crippen molar-refractivity contribution in [2.24, 2.45) is 11.7 Å². The number of hydrogen-bond donors (Lipinski definition) is 2. The lowest BCUT2D eigenvalue weighted by Crippen LogP contribution is -2.45. The highest BCUT2D eigenvalue weighted by atomic mass is 16.2. The predicted octanol–water partition coefficient (Wildman–Crippen LogP) is 2.36. The number of carbonyl (C=O) groups excluding carboxylic acids is 2. The molecule has 0 aromatic rings. The number of hydrogen-bond acceptors (Lipinski definition) is 2. The molecule has 0 aliphatic heterocycles. The highest BCUT2D eigenvalue weighted by molar-refractivity contribution is 5.87. The molecular weight excluding hydrogens is 228 g/mol. The van der Waals surface area contributed by atoms with Crippen molar-refractivity contribution in [3.63, 3.8) is 0 Å². The molecule has 0 heterocycles. The van der Waals surface area contributed by atoms with Crippen molar-refractivity contribution in [2.45, 2.75) is 71.8 Å². The van der Waals surface area contributed by atoms with E-state index >= 15 is 0 Å². The van der Waals surface area contributed by atoms with Crippen LogP contribution in [0.4, 0.5) is 0 Å². The van der Waals surface area contributed by atoms with E-state index < -0.39 is 11.9 Å². The topological polar surface area (TPSA) is 72.2 Å². The molecule has 4 heteroatoms.